The number of hydrogen-bond acceptors (Lipinski definition) is 6. The number of halogens is 2. The molecule has 34 heavy (non-hydrogen) atoms. The van der Waals surface area contributed by atoms with Gasteiger partial charge in [0.15, 0.2) is 9.84 Å². The Morgan fingerprint density at radius 2 is 1.56 bits per heavy atom. The fourth-order valence-corrected chi connectivity index (χ4v) is 5.86. The highest BCUT2D eigenvalue weighted by Gasteiger charge is 2.23. The summed E-state index contributed by atoms with van der Waals surface area (Å²) in [6.45, 7) is 2.00. The molecule has 0 aliphatic rings. The zero-order valence-corrected chi connectivity index (χ0v) is 21.3. The zero-order valence-electron chi connectivity index (χ0n) is 18.1. The molecule has 1 aromatic heterocycles. The van der Waals surface area contributed by atoms with Crippen molar-refractivity contribution in [2.45, 2.75) is 18.4 Å². The number of benzene rings is 3. The van der Waals surface area contributed by atoms with E-state index in [-0.39, 0.29) is 17.3 Å². The first-order valence-corrected chi connectivity index (χ1v) is 13.5. The number of aromatic nitrogens is 1. The fourth-order valence-electron chi connectivity index (χ4n) is 3.17. The molecule has 0 unspecified atom stereocenters. The largest absolute Gasteiger partial charge is 0.391 e. The minimum Gasteiger partial charge on any atom is -0.391 e. The van der Waals surface area contributed by atoms with Gasteiger partial charge in [-0.25, -0.2) is 13.4 Å². The Bertz CT molecular complexity index is 1400. The average molecular weight is 531 g/mol. The molecule has 0 saturated heterocycles. The van der Waals surface area contributed by atoms with E-state index in [0.29, 0.717) is 26.3 Å². The summed E-state index contributed by atoms with van der Waals surface area (Å²) in [6, 6.07) is 22.8. The fraction of sp³-hybridized carbons (Fsp3) is 0.120. The predicted molar refractivity (Wildman–Crippen MR) is 139 cm³/mol. The zero-order chi connectivity index (χ0) is 24.1. The summed E-state index contributed by atoms with van der Waals surface area (Å²) in [5.74, 6) is -0.319. The molecule has 0 amide bonds. The molecular formula is C25H20Cl2N2O3S2. The lowest BCUT2D eigenvalue weighted by Gasteiger charge is -2.08. The molecule has 1 heterocycles. The molecule has 4 aromatic rings. The molecule has 9 heteroatoms. The first kappa shape index (κ1) is 24.4. The van der Waals surface area contributed by atoms with Crippen molar-refractivity contribution in [3.8, 4) is 10.6 Å². The van der Waals surface area contributed by atoms with E-state index < -0.39 is 9.84 Å². The standard InChI is InChI=1S/C25H20Cl2N2O3S2/c1-17-24(33-25(28-17)19-9-13-21(27)14-10-19)23(16-34(30,31)22-5-3-2-4-6-22)29-32-15-18-7-11-20(26)12-8-18/h2-14H,15-16H2,1H3/b29-23-. The van der Waals surface area contributed by atoms with E-state index in [1.54, 1.807) is 54.6 Å². The Labute approximate surface area is 212 Å². The Balaban J connectivity index is 1.67. The maximum Gasteiger partial charge on any atom is 0.184 e. The number of hydrogen-bond donors (Lipinski definition) is 0. The summed E-state index contributed by atoms with van der Waals surface area (Å²) >= 11 is 13.3. The van der Waals surface area contributed by atoms with Crippen LogP contribution in [0.3, 0.4) is 0 Å². The molecule has 0 aliphatic carbocycles. The van der Waals surface area contributed by atoms with E-state index in [4.69, 9.17) is 28.0 Å². The minimum atomic E-state index is -3.65. The third-order valence-corrected chi connectivity index (χ3v) is 8.30. The highest BCUT2D eigenvalue weighted by molar-refractivity contribution is 7.92. The summed E-state index contributed by atoms with van der Waals surface area (Å²) < 4.78 is 26.3. The summed E-state index contributed by atoms with van der Waals surface area (Å²) in [6.07, 6.45) is 0. The molecule has 0 saturated carbocycles. The lowest BCUT2D eigenvalue weighted by molar-refractivity contribution is 0.130. The van der Waals surface area contributed by atoms with E-state index in [2.05, 4.69) is 10.1 Å². The van der Waals surface area contributed by atoms with Gasteiger partial charge in [-0.3, -0.25) is 0 Å². The van der Waals surface area contributed by atoms with Gasteiger partial charge in [0.1, 0.15) is 23.1 Å². The molecule has 174 valence electrons. The highest BCUT2D eigenvalue weighted by atomic mass is 35.5. The Hall–Kier alpha value is -2.71. The lowest BCUT2D eigenvalue weighted by atomic mass is 10.2. The van der Waals surface area contributed by atoms with Crippen molar-refractivity contribution in [2.75, 3.05) is 5.75 Å². The van der Waals surface area contributed by atoms with Crippen molar-refractivity contribution in [3.05, 3.63) is 105 Å². The highest BCUT2D eigenvalue weighted by Crippen LogP contribution is 2.30. The third-order valence-electron chi connectivity index (χ3n) is 4.90. The van der Waals surface area contributed by atoms with Crippen molar-refractivity contribution >= 4 is 50.1 Å². The SMILES string of the molecule is Cc1nc(-c2ccc(Cl)cc2)sc1/C(CS(=O)(=O)c1ccccc1)=N\OCc1ccc(Cl)cc1. The number of aryl methyl sites for hydroxylation is 1. The van der Waals surface area contributed by atoms with Gasteiger partial charge in [-0.05, 0) is 48.9 Å². The van der Waals surface area contributed by atoms with Crippen LogP contribution in [0.4, 0.5) is 0 Å². The van der Waals surface area contributed by atoms with Gasteiger partial charge in [-0.15, -0.1) is 11.3 Å². The predicted octanol–water partition coefficient (Wildman–Crippen LogP) is 6.82. The first-order chi connectivity index (χ1) is 16.3. The lowest BCUT2D eigenvalue weighted by Crippen LogP contribution is -2.18. The van der Waals surface area contributed by atoms with Crippen LogP contribution in [-0.2, 0) is 21.3 Å². The van der Waals surface area contributed by atoms with Crippen LogP contribution in [0.25, 0.3) is 10.6 Å². The van der Waals surface area contributed by atoms with Crippen molar-refractivity contribution in [1.29, 1.82) is 0 Å². The first-order valence-electron chi connectivity index (χ1n) is 10.3. The quantitative estimate of drug-likeness (QED) is 0.185. The van der Waals surface area contributed by atoms with Gasteiger partial charge in [-0.1, -0.05) is 70.8 Å². The van der Waals surface area contributed by atoms with Crippen molar-refractivity contribution in [3.63, 3.8) is 0 Å². The molecular weight excluding hydrogens is 511 g/mol. The van der Waals surface area contributed by atoms with Crippen LogP contribution in [0, 0.1) is 6.92 Å². The van der Waals surface area contributed by atoms with Crippen LogP contribution >= 0.6 is 34.5 Å². The smallest absolute Gasteiger partial charge is 0.184 e. The number of nitrogens with zero attached hydrogens (tertiary/aromatic N) is 2. The summed E-state index contributed by atoms with van der Waals surface area (Å²) in [4.78, 5) is 11.1. The molecule has 0 N–H and O–H groups in total. The molecule has 0 atom stereocenters. The van der Waals surface area contributed by atoms with Crippen LogP contribution in [0.2, 0.25) is 10.0 Å². The monoisotopic (exact) mass is 530 g/mol. The minimum absolute atomic E-state index is 0.175. The van der Waals surface area contributed by atoms with Crippen LogP contribution in [0.1, 0.15) is 16.1 Å². The average Bonchev–Trinajstić information content (AvgIpc) is 3.22. The van der Waals surface area contributed by atoms with Crippen LogP contribution in [-0.4, -0.2) is 24.9 Å². The van der Waals surface area contributed by atoms with Crippen LogP contribution < -0.4 is 0 Å². The molecule has 3 aromatic carbocycles. The molecule has 0 bridgehead atoms. The van der Waals surface area contributed by atoms with Gasteiger partial charge in [0.2, 0.25) is 0 Å². The van der Waals surface area contributed by atoms with Crippen LogP contribution in [0.15, 0.2) is 88.9 Å². The summed E-state index contributed by atoms with van der Waals surface area (Å²) in [7, 11) is -3.65. The van der Waals surface area contributed by atoms with E-state index in [9.17, 15) is 8.42 Å². The molecule has 5 nitrogen and oxygen atoms in total. The number of rotatable bonds is 8. The number of thiazole rings is 1. The van der Waals surface area contributed by atoms with Gasteiger partial charge < -0.3 is 4.84 Å². The van der Waals surface area contributed by atoms with Crippen molar-refractivity contribution < 1.29 is 13.3 Å². The van der Waals surface area contributed by atoms with E-state index >= 15 is 0 Å². The Morgan fingerprint density at radius 3 is 2.21 bits per heavy atom. The van der Waals surface area contributed by atoms with E-state index in [0.717, 1.165) is 16.1 Å². The van der Waals surface area contributed by atoms with Gasteiger partial charge >= 0.3 is 0 Å². The third kappa shape index (κ3) is 6.04. The Kier molecular flexibility index (Phi) is 7.68. The maximum absolute atomic E-state index is 13.1. The van der Waals surface area contributed by atoms with Crippen molar-refractivity contribution in [1.82, 2.24) is 4.98 Å². The molecule has 0 spiro atoms. The maximum atomic E-state index is 13.1. The Morgan fingerprint density at radius 1 is 0.941 bits per heavy atom. The van der Waals surface area contributed by atoms with Gasteiger partial charge in [0.05, 0.1) is 15.5 Å². The summed E-state index contributed by atoms with van der Waals surface area (Å²) in [5.41, 5.74) is 2.72. The second kappa shape index (κ2) is 10.7. The molecule has 0 radical (unpaired) electrons. The summed E-state index contributed by atoms with van der Waals surface area (Å²) in [5, 5.41) is 6.25. The normalized spacial score (nSPS) is 12.0. The topological polar surface area (TPSA) is 68.6 Å². The van der Waals surface area contributed by atoms with Gasteiger partial charge in [0.25, 0.3) is 0 Å². The van der Waals surface area contributed by atoms with Crippen molar-refractivity contribution in [2.24, 2.45) is 5.16 Å². The van der Waals surface area contributed by atoms with Crippen LogP contribution in [0.5, 0.6) is 0 Å². The molecule has 0 fully saturated rings. The second-order valence-corrected chi connectivity index (χ2v) is 11.3. The molecule has 4 rings (SSSR count). The van der Waals surface area contributed by atoms with E-state index in [1.165, 1.54) is 11.3 Å². The number of oxime groups is 1. The second-order valence-electron chi connectivity index (χ2n) is 7.45. The molecule has 0 aliphatic heterocycles. The van der Waals surface area contributed by atoms with Gasteiger partial charge in [-0.2, -0.15) is 0 Å². The van der Waals surface area contributed by atoms with E-state index in [1.807, 2.05) is 31.2 Å². The number of sulfone groups is 1. The van der Waals surface area contributed by atoms with Gasteiger partial charge in [0, 0.05) is 15.6 Å².